The largest absolute Gasteiger partial charge is 0.444 e. The summed E-state index contributed by atoms with van der Waals surface area (Å²) in [6.45, 7) is 6.34. The molecule has 1 aromatic carbocycles. The fourth-order valence-corrected chi connectivity index (χ4v) is 3.26. The van der Waals surface area contributed by atoms with Crippen LogP contribution in [0, 0.1) is 5.82 Å². The number of rotatable bonds is 1. The van der Waals surface area contributed by atoms with Crippen molar-refractivity contribution in [3.05, 3.63) is 32.9 Å². The zero-order chi connectivity index (χ0) is 17.6. The van der Waals surface area contributed by atoms with Crippen molar-refractivity contribution in [2.24, 2.45) is 0 Å². The summed E-state index contributed by atoms with van der Waals surface area (Å²) in [7, 11) is 0. The second-order valence-electron chi connectivity index (χ2n) is 6.95. The normalized spacial score (nSPS) is 18.4. The highest BCUT2D eigenvalue weighted by molar-refractivity contribution is 9.10. The number of fused-ring (bicyclic) bond motifs is 1. The van der Waals surface area contributed by atoms with Crippen LogP contribution in [0.25, 0.3) is 11.0 Å². The molecule has 1 aliphatic rings. The Morgan fingerprint density at radius 1 is 1.42 bits per heavy atom. The van der Waals surface area contributed by atoms with Gasteiger partial charge in [-0.15, -0.1) is 0 Å². The Morgan fingerprint density at radius 2 is 2.12 bits per heavy atom. The number of nitrogens with one attached hydrogen (secondary N) is 1. The second-order valence-corrected chi connectivity index (χ2v) is 7.81. The molecule has 1 atom stereocenters. The fourth-order valence-electron chi connectivity index (χ4n) is 2.93. The number of carbonyl (C=O) groups excluding carboxylic acids is 1. The first-order valence-corrected chi connectivity index (χ1v) is 8.52. The maximum absolute atomic E-state index is 13.6. The molecule has 1 amide bonds. The number of ether oxygens (including phenoxy) is 1. The number of benzene rings is 1. The number of imidazole rings is 1. The molecule has 1 N–H and O–H groups in total. The summed E-state index contributed by atoms with van der Waals surface area (Å²) in [5.41, 5.74) is 0.189. The van der Waals surface area contributed by atoms with E-state index in [-0.39, 0.29) is 17.8 Å². The first kappa shape index (κ1) is 17.0. The standard InChI is InChI=1S/C16H19BrFN3O3/c1-16(2,3)24-15(23)20-5-4-9(8-20)21-13-6-10(17)11(18)7-12(13)19-14(21)22/h6-7,9H,4-5,8H2,1-3H3,(H,19,22)/t9-/m1/s1. The van der Waals surface area contributed by atoms with Crippen LogP contribution in [0.5, 0.6) is 0 Å². The summed E-state index contributed by atoms with van der Waals surface area (Å²) in [6, 6.07) is 2.70. The molecule has 1 saturated heterocycles. The number of aromatic nitrogens is 2. The van der Waals surface area contributed by atoms with Gasteiger partial charge >= 0.3 is 11.8 Å². The minimum atomic E-state index is -0.560. The third kappa shape index (κ3) is 3.19. The van der Waals surface area contributed by atoms with E-state index in [0.29, 0.717) is 35.0 Å². The molecule has 0 radical (unpaired) electrons. The summed E-state index contributed by atoms with van der Waals surface area (Å²) < 4.78 is 20.9. The molecule has 0 unspecified atom stereocenters. The first-order valence-electron chi connectivity index (χ1n) is 7.73. The highest BCUT2D eigenvalue weighted by Crippen LogP contribution is 2.28. The topological polar surface area (TPSA) is 67.3 Å². The van der Waals surface area contributed by atoms with Crippen LogP contribution in [0.3, 0.4) is 0 Å². The van der Waals surface area contributed by atoms with Crippen LogP contribution < -0.4 is 5.69 Å². The van der Waals surface area contributed by atoms with Gasteiger partial charge in [0.1, 0.15) is 11.4 Å². The lowest BCUT2D eigenvalue weighted by Gasteiger charge is -2.24. The third-order valence-corrected chi connectivity index (χ3v) is 4.55. The number of hydrogen-bond acceptors (Lipinski definition) is 3. The van der Waals surface area contributed by atoms with E-state index in [1.54, 1.807) is 15.5 Å². The van der Waals surface area contributed by atoms with E-state index < -0.39 is 11.4 Å². The molecule has 0 aliphatic carbocycles. The smallest absolute Gasteiger partial charge is 0.410 e. The predicted molar refractivity (Wildman–Crippen MR) is 91.7 cm³/mol. The molecule has 0 bridgehead atoms. The van der Waals surface area contributed by atoms with E-state index in [1.807, 2.05) is 20.8 Å². The minimum Gasteiger partial charge on any atom is -0.444 e. The van der Waals surface area contributed by atoms with E-state index >= 15 is 0 Å². The molecule has 1 aliphatic heterocycles. The number of hydrogen-bond donors (Lipinski definition) is 1. The molecule has 8 heteroatoms. The Hall–Kier alpha value is -1.83. The van der Waals surface area contributed by atoms with Crippen LogP contribution in [0.2, 0.25) is 0 Å². The average molecular weight is 400 g/mol. The van der Waals surface area contributed by atoms with Gasteiger partial charge in [-0.3, -0.25) is 4.57 Å². The molecule has 3 rings (SSSR count). The number of likely N-dealkylation sites (tertiary alicyclic amines) is 1. The zero-order valence-electron chi connectivity index (χ0n) is 13.7. The van der Waals surface area contributed by atoms with Crippen LogP contribution in [-0.2, 0) is 4.74 Å². The Kier molecular flexibility index (Phi) is 4.19. The highest BCUT2D eigenvalue weighted by Gasteiger charge is 2.32. The van der Waals surface area contributed by atoms with Crippen LogP contribution in [0.1, 0.15) is 33.2 Å². The molecule has 0 spiro atoms. The van der Waals surface area contributed by atoms with Gasteiger partial charge in [0.2, 0.25) is 0 Å². The van der Waals surface area contributed by atoms with E-state index in [0.717, 1.165) is 0 Å². The number of nitrogens with zero attached hydrogens (tertiary/aromatic N) is 2. The minimum absolute atomic E-state index is 0.170. The molecule has 6 nitrogen and oxygen atoms in total. The monoisotopic (exact) mass is 399 g/mol. The molecular formula is C16H19BrFN3O3. The van der Waals surface area contributed by atoms with Crippen molar-refractivity contribution in [3.63, 3.8) is 0 Å². The Morgan fingerprint density at radius 3 is 2.79 bits per heavy atom. The van der Waals surface area contributed by atoms with E-state index in [9.17, 15) is 14.0 Å². The Bertz CT molecular complexity index is 853. The van der Waals surface area contributed by atoms with Gasteiger partial charge in [-0.1, -0.05) is 0 Å². The SMILES string of the molecule is CC(C)(C)OC(=O)N1CC[C@@H](n2c(=O)[nH]c3cc(F)c(Br)cc32)C1. The van der Waals surface area contributed by atoms with E-state index in [1.165, 1.54) is 6.07 Å². The van der Waals surface area contributed by atoms with Gasteiger partial charge in [-0.2, -0.15) is 0 Å². The Balaban J connectivity index is 1.88. The van der Waals surface area contributed by atoms with Crippen LogP contribution in [-0.4, -0.2) is 39.2 Å². The second kappa shape index (κ2) is 5.91. The van der Waals surface area contributed by atoms with Gasteiger partial charge in [0.05, 0.1) is 21.5 Å². The summed E-state index contributed by atoms with van der Waals surface area (Å²) in [6.07, 6.45) is 0.256. The molecule has 0 saturated carbocycles. The lowest BCUT2D eigenvalue weighted by molar-refractivity contribution is 0.0289. The quantitative estimate of drug-likeness (QED) is 0.798. The lowest BCUT2D eigenvalue weighted by Crippen LogP contribution is -2.36. The van der Waals surface area contributed by atoms with Gasteiger partial charge in [0.25, 0.3) is 0 Å². The Labute approximate surface area is 146 Å². The molecule has 130 valence electrons. The van der Waals surface area contributed by atoms with Gasteiger partial charge in [0, 0.05) is 19.2 Å². The van der Waals surface area contributed by atoms with Crippen molar-refractivity contribution in [2.75, 3.05) is 13.1 Å². The zero-order valence-corrected chi connectivity index (χ0v) is 15.3. The maximum Gasteiger partial charge on any atom is 0.410 e. The molecule has 24 heavy (non-hydrogen) atoms. The summed E-state index contributed by atoms with van der Waals surface area (Å²) in [5.74, 6) is -0.433. The molecular weight excluding hydrogens is 381 g/mol. The summed E-state index contributed by atoms with van der Waals surface area (Å²) >= 11 is 3.15. The average Bonchev–Trinajstić information content (AvgIpc) is 3.02. The van der Waals surface area contributed by atoms with E-state index in [2.05, 4.69) is 20.9 Å². The summed E-state index contributed by atoms with van der Waals surface area (Å²) in [5, 5.41) is 0. The number of aromatic amines is 1. The van der Waals surface area contributed by atoms with Crippen LogP contribution >= 0.6 is 15.9 Å². The molecule has 1 aromatic heterocycles. The maximum atomic E-state index is 13.6. The summed E-state index contributed by atoms with van der Waals surface area (Å²) in [4.78, 5) is 28.7. The van der Waals surface area contributed by atoms with E-state index in [4.69, 9.17) is 4.74 Å². The molecule has 2 aromatic rings. The first-order chi connectivity index (χ1) is 11.2. The van der Waals surface area contributed by atoms with Gasteiger partial charge in [-0.25, -0.2) is 14.0 Å². The molecule has 2 heterocycles. The van der Waals surface area contributed by atoms with Crippen molar-refractivity contribution in [1.82, 2.24) is 14.5 Å². The number of halogens is 2. The van der Waals surface area contributed by atoms with Gasteiger partial charge in [-0.05, 0) is 49.2 Å². The van der Waals surface area contributed by atoms with Crippen LogP contribution in [0.15, 0.2) is 21.4 Å². The van der Waals surface area contributed by atoms with Crippen molar-refractivity contribution < 1.29 is 13.9 Å². The highest BCUT2D eigenvalue weighted by atomic mass is 79.9. The third-order valence-electron chi connectivity index (χ3n) is 3.94. The predicted octanol–water partition coefficient (Wildman–Crippen LogP) is 3.41. The van der Waals surface area contributed by atoms with Gasteiger partial charge < -0.3 is 14.6 Å². The van der Waals surface area contributed by atoms with Gasteiger partial charge in [0.15, 0.2) is 0 Å². The van der Waals surface area contributed by atoms with Crippen molar-refractivity contribution in [3.8, 4) is 0 Å². The number of carbonyl (C=O) groups is 1. The van der Waals surface area contributed by atoms with Crippen molar-refractivity contribution in [1.29, 1.82) is 0 Å². The fraction of sp³-hybridized carbons (Fsp3) is 0.500. The van der Waals surface area contributed by atoms with Crippen molar-refractivity contribution in [2.45, 2.75) is 38.8 Å². The number of H-pyrrole nitrogens is 1. The van der Waals surface area contributed by atoms with Crippen LogP contribution in [0.4, 0.5) is 9.18 Å². The lowest BCUT2D eigenvalue weighted by atomic mass is 10.2. The van der Waals surface area contributed by atoms with Crippen molar-refractivity contribution >= 4 is 33.1 Å². The molecule has 1 fully saturated rings. The number of amides is 1.